The number of amides is 1. The van der Waals surface area contributed by atoms with Crippen molar-refractivity contribution in [1.82, 2.24) is 0 Å². The third-order valence-corrected chi connectivity index (χ3v) is 4.03. The zero-order valence-corrected chi connectivity index (χ0v) is 12.2. The molecular formula is C18H20N2O. The fourth-order valence-corrected chi connectivity index (χ4v) is 2.82. The molecule has 1 amide bonds. The minimum atomic E-state index is -0.0634. The molecule has 2 aromatic rings. The largest absolute Gasteiger partial charge is 0.324 e. The molecule has 3 rings (SSSR count). The van der Waals surface area contributed by atoms with Gasteiger partial charge in [0.15, 0.2) is 0 Å². The number of hydrogen-bond donors (Lipinski definition) is 2. The van der Waals surface area contributed by atoms with Crippen LogP contribution in [0.1, 0.15) is 46.4 Å². The van der Waals surface area contributed by atoms with Gasteiger partial charge in [-0.3, -0.25) is 4.79 Å². The first-order valence-electron chi connectivity index (χ1n) is 7.42. The van der Waals surface area contributed by atoms with Crippen molar-refractivity contribution >= 4 is 11.6 Å². The van der Waals surface area contributed by atoms with E-state index in [0.717, 1.165) is 29.7 Å². The summed E-state index contributed by atoms with van der Waals surface area (Å²) in [5, 5.41) is 2.95. The van der Waals surface area contributed by atoms with Gasteiger partial charge in [-0.05, 0) is 67.1 Å². The zero-order chi connectivity index (χ0) is 14.8. The molecule has 3 N–H and O–H groups in total. The lowest BCUT2D eigenvalue weighted by atomic mass is 10.1. The molecule has 0 radical (unpaired) electrons. The Kier molecular flexibility index (Phi) is 3.76. The molecule has 0 aromatic heterocycles. The number of benzene rings is 2. The number of nitrogens with one attached hydrogen (secondary N) is 1. The van der Waals surface area contributed by atoms with Crippen molar-refractivity contribution in [3.05, 3.63) is 64.7 Å². The first-order valence-corrected chi connectivity index (χ1v) is 7.42. The van der Waals surface area contributed by atoms with E-state index in [-0.39, 0.29) is 11.9 Å². The van der Waals surface area contributed by atoms with Crippen molar-refractivity contribution in [2.24, 2.45) is 5.73 Å². The minimum absolute atomic E-state index is 0.0400. The van der Waals surface area contributed by atoms with E-state index in [0.29, 0.717) is 0 Å². The first kappa shape index (κ1) is 13.8. The van der Waals surface area contributed by atoms with Crippen LogP contribution < -0.4 is 11.1 Å². The Balaban J connectivity index is 1.78. The molecule has 0 bridgehead atoms. The maximum atomic E-state index is 12.4. The van der Waals surface area contributed by atoms with Crippen LogP contribution in [0, 0.1) is 0 Å². The van der Waals surface area contributed by atoms with Crippen LogP contribution in [-0.4, -0.2) is 5.91 Å². The second-order valence-corrected chi connectivity index (χ2v) is 5.71. The topological polar surface area (TPSA) is 55.1 Å². The highest BCUT2D eigenvalue weighted by molar-refractivity contribution is 6.04. The molecule has 1 atom stereocenters. The number of carbonyl (C=O) groups excluding carboxylic acids is 1. The normalized spacial score (nSPS) is 14.6. The molecule has 0 saturated carbocycles. The lowest BCUT2D eigenvalue weighted by molar-refractivity contribution is 0.102. The highest BCUT2D eigenvalue weighted by atomic mass is 16.1. The quantitative estimate of drug-likeness (QED) is 0.904. The van der Waals surface area contributed by atoms with Crippen LogP contribution in [0.2, 0.25) is 0 Å². The van der Waals surface area contributed by atoms with Gasteiger partial charge in [-0.25, -0.2) is 0 Å². The molecule has 2 aromatic carbocycles. The monoisotopic (exact) mass is 280 g/mol. The number of aryl methyl sites for hydroxylation is 2. The summed E-state index contributed by atoms with van der Waals surface area (Å²) in [6, 6.07) is 13.7. The van der Waals surface area contributed by atoms with Gasteiger partial charge in [0.25, 0.3) is 5.91 Å². The molecule has 0 fully saturated rings. The molecule has 0 heterocycles. The smallest absolute Gasteiger partial charge is 0.255 e. The van der Waals surface area contributed by atoms with Gasteiger partial charge < -0.3 is 11.1 Å². The lowest BCUT2D eigenvalue weighted by Gasteiger charge is -2.10. The molecule has 0 aliphatic heterocycles. The van der Waals surface area contributed by atoms with Gasteiger partial charge in [0.1, 0.15) is 0 Å². The zero-order valence-electron chi connectivity index (χ0n) is 12.2. The van der Waals surface area contributed by atoms with Crippen molar-refractivity contribution in [1.29, 1.82) is 0 Å². The summed E-state index contributed by atoms with van der Waals surface area (Å²) in [7, 11) is 0. The van der Waals surface area contributed by atoms with Crippen molar-refractivity contribution in [3.63, 3.8) is 0 Å². The number of nitrogens with two attached hydrogens (primary N) is 1. The third-order valence-electron chi connectivity index (χ3n) is 4.03. The van der Waals surface area contributed by atoms with Gasteiger partial charge in [0, 0.05) is 17.3 Å². The van der Waals surface area contributed by atoms with Gasteiger partial charge in [-0.2, -0.15) is 0 Å². The van der Waals surface area contributed by atoms with Crippen molar-refractivity contribution < 1.29 is 4.79 Å². The molecule has 0 spiro atoms. The second-order valence-electron chi connectivity index (χ2n) is 5.71. The summed E-state index contributed by atoms with van der Waals surface area (Å²) < 4.78 is 0. The van der Waals surface area contributed by atoms with Crippen LogP contribution in [0.4, 0.5) is 5.69 Å². The predicted octanol–water partition coefficient (Wildman–Crippen LogP) is 3.45. The average Bonchev–Trinajstić information content (AvgIpc) is 2.94. The van der Waals surface area contributed by atoms with Gasteiger partial charge in [-0.1, -0.05) is 18.2 Å². The fraction of sp³-hybridized carbons (Fsp3) is 0.278. The molecule has 3 heteroatoms. The molecule has 108 valence electrons. The third kappa shape index (κ3) is 2.98. The van der Waals surface area contributed by atoms with Crippen LogP contribution in [0.25, 0.3) is 0 Å². The molecule has 1 aliphatic carbocycles. The molecule has 1 unspecified atom stereocenters. The summed E-state index contributed by atoms with van der Waals surface area (Å²) in [6.45, 7) is 1.93. The first-order chi connectivity index (χ1) is 10.1. The molecule has 21 heavy (non-hydrogen) atoms. The van der Waals surface area contributed by atoms with E-state index in [1.807, 2.05) is 43.3 Å². The van der Waals surface area contributed by atoms with Crippen LogP contribution in [0.5, 0.6) is 0 Å². The van der Waals surface area contributed by atoms with Crippen LogP contribution in [-0.2, 0) is 12.8 Å². The SMILES string of the molecule is CC(N)c1cccc(NC(=O)c2ccc3c(c2)CCC3)c1. The molecular weight excluding hydrogens is 260 g/mol. The summed E-state index contributed by atoms with van der Waals surface area (Å²) in [5.74, 6) is -0.0634. The lowest BCUT2D eigenvalue weighted by Crippen LogP contribution is -2.13. The standard InChI is InChI=1S/C18H20N2O/c1-12(19)14-5-3-7-17(11-14)20-18(21)16-9-8-13-4-2-6-15(13)10-16/h3,5,7-12H,2,4,6,19H2,1H3,(H,20,21). The highest BCUT2D eigenvalue weighted by Gasteiger charge is 2.14. The van der Waals surface area contributed by atoms with Crippen LogP contribution in [0.15, 0.2) is 42.5 Å². The molecule has 1 aliphatic rings. The Labute approximate surface area is 125 Å². The minimum Gasteiger partial charge on any atom is -0.324 e. The van der Waals surface area contributed by atoms with E-state index in [1.165, 1.54) is 17.5 Å². The summed E-state index contributed by atoms with van der Waals surface area (Å²) in [6.07, 6.45) is 3.40. The van der Waals surface area contributed by atoms with Gasteiger partial charge in [0.05, 0.1) is 0 Å². The highest BCUT2D eigenvalue weighted by Crippen LogP contribution is 2.23. The summed E-state index contributed by atoms with van der Waals surface area (Å²) >= 11 is 0. The Morgan fingerprint density at radius 3 is 2.76 bits per heavy atom. The second kappa shape index (κ2) is 5.70. The van der Waals surface area contributed by atoms with Gasteiger partial charge in [0.2, 0.25) is 0 Å². The Morgan fingerprint density at radius 2 is 1.95 bits per heavy atom. The van der Waals surface area contributed by atoms with E-state index < -0.39 is 0 Å². The van der Waals surface area contributed by atoms with E-state index >= 15 is 0 Å². The number of anilines is 1. The summed E-state index contributed by atoms with van der Waals surface area (Å²) in [4.78, 5) is 12.4. The van der Waals surface area contributed by atoms with Crippen molar-refractivity contribution in [2.75, 3.05) is 5.32 Å². The molecule has 3 nitrogen and oxygen atoms in total. The number of rotatable bonds is 3. The van der Waals surface area contributed by atoms with E-state index in [1.54, 1.807) is 0 Å². The maximum Gasteiger partial charge on any atom is 0.255 e. The fourth-order valence-electron chi connectivity index (χ4n) is 2.82. The Hall–Kier alpha value is -2.13. The van der Waals surface area contributed by atoms with Crippen molar-refractivity contribution in [3.8, 4) is 0 Å². The van der Waals surface area contributed by atoms with Gasteiger partial charge in [-0.15, -0.1) is 0 Å². The van der Waals surface area contributed by atoms with E-state index in [2.05, 4.69) is 11.4 Å². The maximum absolute atomic E-state index is 12.4. The van der Waals surface area contributed by atoms with E-state index in [4.69, 9.17) is 5.73 Å². The number of carbonyl (C=O) groups is 1. The van der Waals surface area contributed by atoms with Crippen molar-refractivity contribution in [2.45, 2.75) is 32.2 Å². The van der Waals surface area contributed by atoms with Crippen LogP contribution in [0.3, 0.4) is 0 Å². The Bertz CT molecular complexity index is 677. The van der Waals surface area contributed by atoms with Crippen LogP contribution >= 0.6 is 0 Å². The average molecular weight is 280 g/mol. The van der Waals surface area contributed by atoms with E-state index in [9.17, 15) is 4.79 Å². The predicted molar refractivity (Wildman–Crippen MR) is 85.5 cm³/mol. The molecule has 0 saturated heterocycles. The number of hydrogen-bond acceptors (Lipinski definition) is 2. The summed E-state index contributed by atoms with van der Waals surface area (Å²) in [5.41, 5.74) is 11.1. The Morgan fingerprint density at radius 1 is 1.14 bits per heavy atom. The van der Waals surface area contributed by atoms with Gasteiger partial charge >= 0.3 is 0 Å². The number of fused-ring (bicyclic) bond motifs is 1.